The molecule has 0 saturated heterocycles. The zero-order valence-corrected chi connectivity index (χ0v) is 12.3. The van der Waals surface area contributed by atoms with Crippen LogP contribution in [0.15, 0.2) is 27.1 Å². The first-order valence-electron chi connectivity index (χ1n) is 4.88. The van der Waals surface area contributed by atoms with Crippen molar-refractivity contribution >= 4 is 37.8 Å². The second-order valence-electron chi connectivity index (χ2n) is 3.76. The van der Waals surface area contributed by atoms with E-state index in [2.05, 4.69) is 37.3 Å². The van der Waals surface area contributed by atoms with E-state index in [1.807, 2.05) is 19.9 Å². The van der Waals surface area contributed by atoms with Gasteiger partial charge in [0.25, 0.3) is 5.91 Å². The summed E-state index contributed by atoms with van der Waals surface area (Å²) < 4.78 is 1.59. The van der Waals surface area contributed by atoms with Gasteiger partial charge in [-0.05, 0) is 40.0 Å². The number of hydrogen-bond acceptors (Lipinski definition) is 2. The largest absolute Gasteiger partial charge is 0.276 e. The molecule has 1 aromatic carbocycles. The number of benzene rings is 1. The number of carbonyl (C=O) groups excluding carboxylic acids is 1. The van der Waals surface area contributed by atoms with Gasteiger partial charge in [-0.25, -0.2) is 5.48 Å². The molecule has 1 amide bonds. The number of amides is 1. The average molecular weight is 351 g/mol. The zero-order chi connectivity index (χ0) is 12.1. The van der Waals surface area contributed by atoms with Crippen LogP contribution in [0.2, 0.25) is 0 Å². The van der Waals surface area contributed by atoms with E-state index in [4.69, 9.17) is 4.84 Å². The van der Waals surface area contributed by atoms with Gasteiger partial charge in [0.15, 0.2) is 0 Å². The Morgan fingerprint density at radius 1 is 1.44 bits per heavy atom. The van der Waals surface area contributed by atoms with Crippen LogP contribution < -0.4 is 5.48 Å². The molecule has 16 heavy (non-hydrogen) atoms. The van der Waals surface area contributed by atoms with Crippen molar-refractivity contribution in [2.24, 2.45) is 5.92 Å². The van der Waals surface area contributed by atoms with E-state index in [0.717, 1.165) is 8.95 Å². The van der Waals surface area contributed by atoms with Gasteiger partial charge in [-0.2, -0.15) is 0 Å². The van der Waals surface area contributed by atoms with Crippen LogP contribution in [-0.4, -0.2) is 12.5 Å². The Balaban J connectivity index is 2.62. The summed E-state index contributed by atoms with van der Waals surface area (Å²) in [5.74, 6) is 0.125. The second-order valence-corrected chi connectivity index (χ2v) is 5.53. The molecule has 5 heteroatoms. The van der Waals surface area contributed by atoms with Gasteiger partial charge in [-0.1, -0.05) is 29.8 Å². The molecule has 0 fully saturated rings. The Kier molecular flexibility index (Phi) is 5.44. The molecule has 88 valence electrons. The lowest BCUT2D eigenvalue weighted by Gasteiger charge is -2.09. The third-order valence-corrected chi connectivity index (χ3v) is 2.94. The van der Waals surface area contributed by atoms with E-state index in [9.17, 15) is 4.79 Å². The predicted octanol–water partition coefficient (Wildman–Crippen LogP) is 3.53. The SMILES string of the molecule is CC(C)CONC(=O)c1cc(Br)ccc1Br. The molecule has 0 aromatic heterocycles. The second kappa shape index (κ2) is 6.37. The quantitative estimate of drug-likeness (QED) is 0.843. The van der Waals surface area contributed by atoms with E-state index >= 15 is 0 Å². The number of hydrogen-bond donors (Lipinski definition) is 1. The number of hydroxylamine groups is 1. The summed E-state index contributed by atoms with van der Waals surface area (Å²) in [6.45, 7) is 4.53. The highest BCUT2D eigenvalue weighted by atomic mass is 79.9. The summed E-state index contributed by atoms with van der Waals surface area (Å²) in [5.41, 5.74) is 2.95. The molecule has 3 nitrogen and oxygen atoms in total. The van der Waals surface area contributed by atoms with Gasteiger partial charge in [0.1, 0.15) is 0 Å². The highest BCUT2D eigenvalue weighted by molar-refractivity contribution is 9.11. The number of halogens is 2. The Bertz CT molecular complexity index is 380. The van der Waals surface area contributed by atoms with Gasteiger partial charge in [-0.15, -0.1) is 0 Å². The Labute approximate surface area is 112 Å². The third-order valence-electron chi connectivity index (χ3n) is 1.75. The first kappa shape index (κ1) is 13.7. The lowest BCUT2D eigenvalue weighted by Crippen LogP contribution is -2.25. The predicted molar refractivity (Wildman–Crippen MR) is 70.1 cm³/mol. The van der Waals surface area contributed by atoms with E-state index in [1.165, 1.54) is 0 Å². The maximum absolute atomic E-state index is 11.7. The van der Waals surface area contributed by atoms with Crippen molar-refractivity contribution in [3.05, 3.63) is 32.7 Å². The molecule has 0 atom stereocenters. The molecule has 0 unspecified atom stereocenters. The van der Waals surface area contributed by atoms with Crippen molar-refractivity contribution < 1.29 is 9.63 Å². The van der Waals surface area contributed by atoms with E-state index in [0.29, 0.717) is 18.1 Å². The molecule has 0 spiro atoms. The van der Waals surface area contributed by atoms with Gasteiger partial charge in [0.05, 0.1) is 12.2 Å². The number of carbonyl (C=O) groups is 1. The van der Waals surface area contributed by atoms with Gasteiger partial charge < -0.3 is 0 Å². The van der Waals surface area contributed by atoms with Gasteiger partial charge >= 0.3 is 0 Å². The van der Waals surface area contributed by atoms with E-state index in [-0.39, 0.29) is 5.91 Å². The van der Waals surface area contributed by atoms with Crippen molar-refractivity contribution in [3.8, 4) is 0 Å². The summed E-state index contributed by atoms with van der Waals surface area (Å²) in [4.78, 5) is 16.8. The average Bonchev–Trinajstić information content (AvgIpc) is 2.21. The van der Waals surface area contributed by atoms with Crippen molar-refractivity contribution in [3.63, 3.8) is 0 Å². The molecule has 0 saturated carbocycles. The maximum atomic E-state index is 11.7. The lowest BCUT2D eigenvalue weighted by molar-refractivity contribution is 0.0208. The number of rotatable bonds is 4. The van der Waals surface area contributed by atoms with Crippen LogP contribution in [0, 0.1) is 5.92 Å². The molecule has 0 aliphatic heterocycles. The molecular weight excluding hydrogens is 338 g/mol. The minimum Gasteiger partial charge on any atom is -0.273 e. The fraction of sp³-hybridized carbons (Fsp3) is 0.364. The van der Waals surface area contributed by atoms with Crippen LogP contribution in [0.1, 0.15) is 24.2 Å². The van der Waals surface area contributed by atoms with Crippen molar-refractivity contribution in [2.45, 2.75) is 13.8 Å². The Hall–Kier alpha value is -0.390. The Morgan fingerprint density at radius 2 is 2.12 bits per heavy atom. The highest BCUT2D eigenvalue weighted by Gasteiger charge is 2.10. The van der Waals surface area contributed by atoms with Crippen molar-refractivity contribution in [1.82, 2.24) is 5.48 Å². The van der Waals surface area contributed by atoms with Crippen molar-refractivity contribution in [1.29, 1.82) is 0 Å². The molecular formula is C11H13Br2NO2. The lowest BCUT2D eigenvalue weighted by atomic mass is 10.2. The highest BCUT2D eigenvalue weighted by Crippen LogP contribution is 2.21. The Morgan fingerprint density at radius 3 is 2.75 bits per heavy atom. The van der Waals surface area contributed by atoms with E-state index in [1.54, 1.807) is 12.1 Å². The smallest absolute Gasteiger partial charge is 0.273 e. The fourth-order valence-corrected chi connectivity index (χ4v) is 1.79. The van der Waals surface area contributed by atoms with Crippen LogP contribution in [0.5, 0.6) is 0 Å². The van der Waals surface area contributed by atoms with Crippen LogP contribution in [-0.2, 0) is 4.84 Å². The van der Waals surface area contributed by atoms with Crippen LogP contribution >= 0.6 is 31.9 Å². The molecule has 0 aliphatic rings. The van der Waals surface area contributed by atoms with Crippen LogP contribution in [0.3, 0.4) is 0 Å². The molecule has 0 bridgehead atoms. The fourth-order valence-electron chi connectivity index (χ4n) is 1.00. The molecule has 0 radical (unpaired) electrons. The molecule has 1 N–H and O–H groups in total. The molecule has 0 aliphatic carbocycles. The maximum Gasteiger partial charge on any atom is 0.276 e. The summed E-state index contributed by atoms with van der Waals surface area (Å²) >= 11 is 6.63. The van der Waals surface area contributed by atoms with Crippen LogP contribution in [0.4, 0.5) is 0 Å². The normalized spacial score (nSPS) is 10.6. The van der Waals surface area contributed by atoms with Crippen molar-refractivity contribution in [2.75, 3.05) is 6.61 Å². The third kappa shape index (κ3) is 4.23. The standard InChI is InChI=1S/C11H13Br2NO2/c1-7(2)6-16-14-11(15)9-5-8(12)3-4-10(9)13/h3-5,7H,6H2,1-2H3,(H,14,15). The summed E-state index contributed by atoms with van der Waals surface area (Å²) in [6.07, 6.45) is 0. The molecule has 1 rings (SSSR count). The number of nitrogens with one attached hydrogen (secondary N) is 1. The molecule has 0 heterocycles. The summed E-state index contributed by atoms with van der Waals surface area (Å²) in [6, 6.07) is 5.40. The first-order chi connectivity index (χ1) is 7.50. The monoisotopic (exact) mass is 349 g/mol. The summed E-state index contributed by atoms with van der Waals surface area (Å²) in [7, 11) is 0. The summed E-state index contributed by atoms with van der Waals surface area (Å²) in [5, 5.41) is 0. The zero-order valence-electron chi connectivity index (χ0n) is 9.09. The van der Waals surface area contributed by atoms with Gasteiger partial charge in [0, 0.05) is 8.95 Å². The minimum atomic E-state index is -0.256. The van der Waals surface area contributed by atoms with Gasteiger partial charge in [-0.3, -0.25) is 9.63 Å². The topological polar surface area (TPSA) is 38.3 Å². The first-order valence-corrected chi connectivity index (χ1v) is 6.46. The van der Waals surface area contributed by atoms with Crippen LogP contribution in [0.25, 0.3) is 0 Å². The minimum absolute atomic E-state index is 0.256. The molecule has 1 aromatic rings. The van der Waals surface area contributed by atoms with Gasteiger partial charge in [0.2, 0.25) is 0 Å². The van der Waals surface area contributed by atoms with E-state index < -0.39 is 0 Å².